The van der Waals surface area contributed by atoms with Crippen LogP contribution in [0.4, 0.5) is 5.69 Å². The van der Waals surface area contributed by atoms with E-state index < -0.39 is 4.92 Å². The number of benzene rings is 3. The van der Waals surface area contributed by atoms with Crippen molar-refractivity contribution >= 4 is 22.7 Å². The smallest absolute Gasteiger partial charge is 0.258 e. The maximum Gasteiger partial charge on any atom is 0.269 e. The molecule has 0 fully saturated rings. The van der Waals surface area contributed by atoms with Crippen LogP contribution in [0.2, 0.25) is 0 Å². The molecule has 1 heterocycles. The third-order valence-electron chi connectivity index (χ3n) is 5.88. The van der Waals surface area contributed by atoms with Gasteiger partial charge in [-0.3, -0.25) is 15.1 Å². The Morgan fingerprint density at radius 2 is 1.88 bits per heavy atom. The largest absolute Gasteiger partial charge is 0.269 e. The Labute approximate surface area is 201 Å². The van der Waals surface area contributed by atoms with Gasteiger partial charge in [-0.15, -0.1) is 17.9 Å². The second-order valence-electron chi connectivity index (χ2n) is 8.04. The molecule has 0 saturated carbocycles. The van der Waals surface area contributed by atoms with Gasteiger partial charge in [0.15, 0.2) is 0 Å². The highest BCUT2D eigenvalue weighted by Crippen LogP contribution is 2.36. The minimum Gasteiger partial charge on any atom is -0.258 e. The molecule has 168 valence electrons. The zero-order valence-corrected chi connectivity index (χ0v) is 19.5. The zero-order chi connectivity index (χ0) is 23.7. The van der Waals surface area contributed by atoms with Gasteiger partial charge in [-0.1, -0.05) is 42.5 Å². The average Bonchev–Trinajstić information content (AvgIpc) is 3.43. The van der Waals surface area contributed by atoms with Crippen molar-refractivity contribution in [2.24, 2.45) is 10.1 Å². The van der Waals surface area contributed by atoms with E-state index in [9.17, 15) is 10.1 Å². The number of aromatic nitrogens is 1. The van der Waals surface area contributed by atoms with Gasteiger partial charge in [0.05, 0.1) is 22.9 Å². The summed E-state index contributed by atoms with van der Waals surface area (Å²) in [4.78, 5) is 16.0. The number of nitro benzene ring substituents is 1. The molecule has 0 spiro atoms. The van der Waals surface area contributed by atoms with E-state index >= 15 is 0 Å². The van der Waals surface area contributed by atoms with E-state index in [1.165, 1.54) is 45.7 Å². The predicted molar refractivity (Wildman–Crippen MR) is 137 cm³/mol. The van der Waals surface area contributed by atoms with Crippen LogP contribution in [0.25, 0.3) is 22.4 Å². The summed E-state index contributed by atoms with van der Waals surface area (Å²) < 4.78 is 1.81. The van der Waals surface area contributed by atoms with Crippen LogP contribution in [-0.4, -0.2) is 21.9 Å². The highest BCUT2D eigenvalue weighted by atomic mass is 32.1. The first kappa shape index (κ1) is 21.7. The Kier molecular flexibility index (Phi) is 5.77. The van der Waals surface area contributed by atoms with E-state index in [-0.39, 0.29) is 5.69 Å². The number of nitrogens with zero attached hydrogens (tertiary/aromatic N) is 4. The summed E-state index contributed by atoms with van der Waals surface area (Å²) >= 11 is 1.48. The van der Waals surface area contributed by atoms with Crippen LogP contribution in [0.15, 0.2) is 94.9 Å². The number of non-ortho nitro benzene ring substituents is 1. The van der Waals surface area contributed by atoms with Gasteiger partial charge < -0.3 is 0 Å². The van der Waals surface area contributed by atoms with Crippen LogP contribution in [0.1, 0.15) is 23.6 Å². The first-order valence-corrected chi connectivity index (χ1v) is 11.8. The second kappa shape index (κ2) is 9.03. The Balaban J connectivity index is 1.56. The van der Waals surface area contributed by atoms with Gasteiger partial charge in [-0.25, -0.2) is 4.68 Å². The Morgan fingerprint density at radius 1 is 1.12 bits per heavy atom. The van der Waals surface area contributed by atoms with Gasteiger partial charge in [0.2, 0.25) is 4.80 Å². The molecule has 0 saturated heterocycles. The third-order valence-corrected chi connectivity index (χ3v) is 6.73. The predicted octanol–water partition coefficient (Wildman–Crippen LogP) is 6.06. The van der Waals surface area contributed by atoms with Gasteiger partial charge >= 0.3 is 0 Å². The van der Waals surface area contributed by atoms with Crippen molar-refractivity contribution in [1.29, 1.82) is 0 Å². The van der Waals surface area contributed by atoms with Crippen LogP contribution in [-0.2, 0) is 6.42 Å². The summed E-state index contributed by atoms with van der Waals surface area (Å²) in [6.07, 6.45) is 2.66. The van der Waals surface area contributed by atoms with Gasteiger partial charge in [0.1, 0.15) is 0 Å². The molecule has 0 bridgehead atoms. The van der Waals surface area contributed by atoms with Crippen LogP contribution in [0.3, 0.4) is 0 Å². The lowest BCUT2D eigenvalue weighted by molar-refractivity contribution is -0.384. The molecule has 0 amide bonds. The highest BCUT2D eigenvalue weighted by molar-refractivity contribution is 7.07. The van der Waals surface area contributed by atoms with Crippen molar-refractivity contribution < 1.29 is 4.92 Å². The number of hydrogen-bond acceptors (Lipinski definition) is 5. The topological polar surface area (TPSA) is 72.8 Å². The maximum absolute atomic E-state index is 11.0. The molecule has 1 aliphatic rings. The minimum absolute atomic E-state index is 0.0564. The summed E-state index contributed by atoms with van der Waals surface area (Å²) in [5, 5.41) is 18.0. The number of thiazole rings is 1. The molecule has 6 nitrogen and oxygen atoms in total. The molecule has 0 N–H and O–H groups in total. The van der Waals surface area contributed by atoms with Gasteiger partial charge in [-0.2, -0.15) is 5.10 Å². The molecular weight excluding hydrogens is 444 g/mol. The summed E-state index contributed by atoms with van der Waals surface area (Å²) in [7, 11) is 0. The lowest BCUT2D eigenvalue weighted by Crippen LogP contribution is -2.14. The van der Waals surface area contributed by atoms with Crippen LogP contribution in [0.5, 0.6) is 0 Å². The first-order valence-electron chi connectivity index (χ1n) is 10.9. The summed E-state index contributed by atoms with van der Waals surface area (Å²) in [6, 6.07) is 21.5. The standard InChI is InChI=1S/C27H22N4O2S/c1-3-14-28-27-30(26(17-34-27)19-8-11-23(12-9-19)31(32)33)29-18(2)20-10-13-25-22(15-20)16-21-6-4-5-7-24(21)25/h3-13,15,17H,1,14,16H2,2H3. The monoisotopic (exact) mass is 466 g/mol. The van der Waals surface area contributed by atoms with Crippen molar-refractivity contribution in [3.8, 4) is 22.4 Å². The van der Waals surface area contributed by atoms with Crippen molar-refractivity contribution in [2.75, 3.05) is 6.54 Å². The molecule has 0 atom stereocenters. The van der Waals surface area contributed by atoms with Crippen LogP contribution >= 0.6 is 11.3 Å². The van der Waals surface area contributed by atoms with E-state index in [0.717, 1.165) is 33.8 Å². The summed E-state index contributed by atoms with van der Waals surface area (Å²) in [5.74, 6) is 0. The van der Waals surface area contributed by atoms with Gasteiger partial charge in [0, 0.05) is 23.1 Å². The fourth-order valence-electron chi connectivity index (χ4n) is 4.18. The molecule has 4 aromatic rings. The normalized spacial score (nSPS) is 13.0. The first-order chi connectivity index (χ1) is 16.5. The molecule has 7 heteroatoms. The van der Waals surface area contributed by atoms with Crippen LogP contribution < -0.4 is 4.80 Å². The van der Waals surface area contributed by atoms with Crippen molar-refractivity contribution in [2.45, 2.75) is 13.3 Å². The fraction of sp³-hybridized carbons (Fsp3) is 0.111. The lowest BCUT2D eigenvalue weighted by Gasteiger charge is -2.08. The molecule has 0 unspecified atom stereocenters. The van der Waals surface area contributed by atoms with Gasteiger partial charge in [-0.05, 0) is 59.4 Å². The van der Waals surface area contributed by atoms with Gasteiger partial charge in [0.25, 0.3) is 5.69 Å². The summed E-state index contributed by atoms with van der Waals surface area (Å²) in [6.45, 7) is 6.23. The Morgan fingerprint density at radius 3 is 2.65 bits per heavy atom. The molecule has 0 aliphatic heterocycles. The Bertz CT molecular complexity index is 1510. The van der Waals surface area contributed by atoms with E-state index in [1.807, 2.05) is 17.0 Å². The fourth-order valence-corrected chi connectivity index (χ4v) is 5.02. The SMILES string of the molecule is C=CCN=c1scc(-c2ccc([N+](=O)[O-])cc2)n1N=C(C)c1ccc2c(c1)Cc1ccccc1-2. The van der Waals surface area contributed by atoms with E-state index in [4.69, 9.17) is 5.10 Å². The number of rotatable bonds is 6. The molecular formula is C27H22N4O2S. The van der Waals surface area contributed by atoms with E-state index in [2.05, 4.69) is 54.0 Å². The Hall–Kier alpha value is -4.10. The van der Waals surface area contributed by atoms with Crippen molar-refractivity contribution in [1.82, 2.24) is 4.68 Å². The molecule has 5 rings (SSSR count). The number of hydrogen-bond donors (Lipinski definition) is 0. The zero-order valence-electron chi connectivity index (χ0n) is 18.6. The molecule has 34 heavy (non-hydrogen) atoms. The molecule has 0 radical (unpaired) electrons. The lowest BCUT2D eigenvalue weighted by atomic mass is 10.0. The number of fused-ring (bicyclic) bond motifs is 3. The second-order valence-corrected chi connectivity index (χ2v) is 8.88. The van der Waals surface area contributed by atoms with Crippen molar-refractivity contribution in [3.63, 3.8) is 0 Å². The van der Waals surface area contributed by atoms with E-state index in [0.29, 0.717) is 6.54 Å². The maximum atomic E-state index is 11.0. The number of nitro groups is 1. The van der Waals surface area contributed by atoms with Crippen molar-refractivity contribution in [3.05, 3.63) is 116 Å². The highest BCUT2D eigenvalue weighted by Gasteiger charge is 2.18. The molecule has 1 aromatic heterocycles. The quantitative estimate of drug-likeness (QED) is 0.132. The molecule has 1 aliphatic carbocycles. The molecule has 3 aromatic carbocycles. The van der Waals surface area contributed by atoms with Crippen LogP contribution in [0, 0.1) is 10.1 Å². The summed E-state index contributed by atoms with van der Waals surface area (Å²) in [5.41, 5.74) is 8.87. The average molecular weight is 467 g/mol. The van der Waals surface area contributed by atoms with E-state index in [1.54, 1.807) is 18.2 Å². The minimum atomic E-state index is -0.398. The third kappa shape index (κ3) is 4.02.